The largest absolute Gasteiger partial charge is 0.293 e. The zero-order chi connectivity index (χ0) is 14.0. The van der Waals surface area contributed by atoms with Crippen LogP contribution in [0.1, 0.15) is 12.8 Å². The van der Waals surface area contributed by atoms with Gasteiger partial charge in [0.2, 0.25) is 0 Å². The fourth-order valence-electron chi connectivity index (χ4n) is 1.62. The lowest BCUT2D eigenvalue weighted by Gasteiger charge is -1.93. The number of benzene rings is 2. The van der Waals surface area contributed by atoms with E-state index in [4.69, 9.17) is 0 Å². The average molecular weight is 264 g/mol. The van der Waals surface area contributed by atoms with E-state index in [1.807, 2.05) is 60.7 Å². The summed E-state index contributed by atoms with van der Waals surface area (Å²) in [5.41, 5.74) is 1.69. The summed E-state index contributed by atoms with van der Waals surface area (Å²) >= 11 is 0. The van der Waals surface area contributed by atoms with Gasteiger partial charge in [0.05, 0.1) is 17.6 Å². The van der Waals surface area contributed by atoms with E-state index in [1.54, 1.807) is 6.21 Å². The molecule has 0 aliphatic heterocycles. The first-order valence-electron chi connectivity index (χ1n) is 6.54. The van der Waals surface area contributed by atoms with Crippen LogP contribution in [0.25, 0.3) is 0 Å². The minimum atomic E-state index is 0.00775. The second kappa shape index (κ2) is 7.79. The Kier molecular flexibility index (Phi) is 5.40. The van der Waals surface area contributed by atoms with Gasteiger partial charge in [-0.15, -0.1) is 0 Å². The lowest BCUT2D eigenvalue weighted by molar-refractivity contribution is -0.112. The van der Waals surface area contributed by atoms with Gasteiger partial charge in [-0.25, -0.2) is 0 Å². The van der Waals surface area contributed by atoms with Crippen LogP contribution >= 0.6 is 0 Å². The number of hydrogen-bond acceptors (Lipinski definition) is 3. The van der Waals surface area contributed by atoms with E-state index >= 15 is 0 Å². The Hall–Kier alpha value is -2.55. The van der Waals surface area contributed by atoms with Crippen molar-refractivity contribution in [3.05, 3.63) is 60.7 Å². The number of carbonyl (C=O) groups excluding carboxylic acids is 1. The Bertz CT molecular complexity index is 589. The van der Waals surface area contributed by atoms with Gasteiger partial charge in [-0.3, -0.25) is 14.8 Å². The first-order chi connectivity index (χ1) is 9.84. The molecule has 2 aromatic carbocycles. The standard InChI is InChI=1S/C17H16N2O/c20-17(14-19-16-10-5-2-6-11-16)12-7-13-18-15-8-3-1-4-9-15/h1-6,8-11,13-14H,7,12H2. The number of rotatable bonds is 6. The minimum absolute atomic E-state index is 0.00775. The highest BCUT2D eigenvalue weighted by Gasteiger charge is 1.96. The maximum Gasteiger partial charge on any atom is 0.174 e. The number of Topliss-reactive ketones (excluding diaryl/α,β-unsaturated/α-hetero) is 1. The molecular weight excluding hydrogens is 248 g/mol. The molecule has 0 heterocycles. The fraction of sp³-hybridized carbons (Fsp3) is 0.118. The zero-order valence-electron chi connectivity index (χ0n) is 11.1. The molecule has 3 heteroatoms. The van der Waals surface area contributed by atoms with Crippen molar-refractivity contribution in [2.24, 2.45) is 9.98 Å². The van der Waals surface area contributed by atoms with E-state index in [1.165, 1.54) is 6.21 Å². The molecule has 0 saturated carbocycles. The summed E-state index contributed by atoms with van der Waals surface area (Å²) in [6.45, 7) is 0. The van der Waals surface area contributed by atoms with Crippen molar-refractivity contribution >= 4 is 29.6 Å². The van der Waals surface area contributed by atoms with Crippen LogP contribution in [0.5, 0.6) is 0 Å². The number of carbonyl (C=O) groups is 1. The minimum Gasteiger partial charge on any atom is -0.293 e. The van der Waals surface area contributed by atoms with Gasteiger partial charge in [-0.2, -0.15) is 0 Å². The van der Waals surface area contributed by atoms with Gasteiger partial charge in [0.1, 0.15) is 0 Å². The second-order valence-electron chi connectivity index (χ2n) is 4.25. The van der Waals surface area contributed by atoms with Crippen LogP contribution in [-0.2, 0) is 4.79 Å². The second-order valence-corrected chi connectivity index (χ2v) is 4.25. The predicted molar refractivity (Wildman–Crippen MR) is 83.4 cm³/mol. The zero-order valence-corrected chi connectivity index (χ0v) is 11.1. The maximum absolute atomic E-state index is 11.6. The van der Waals surface area contributed by atoms with Crippen LogP contribution in [0.3, 0.4) is 0 Å². The lowest BCUT2D eigenvalue weighted by atomic mass is 10.2. The molecule has 0 radical (unpaired) electrons. The summed E-state index contributed by atoms with van der Waals surface area (Å²) in [6, 6.07) is 19.1. The van der Waals surface area contributed by atoms with Crippen molar-refractivity contribution in [3.63, 3.8) is 0 Å². The Labute approximate surface area is 118 Å². The monoisotopic (exact) mass is 264 g/mol. The van der Waals surface area contributed by atoms with E-state index in [0.29, 0.717) is 12.8 Å². The molecule has 2 aromatic rings. The molecule has 100 valence electrons. The molecule has 0 N–H and O–H groups in total. The highest BCUT2D eigenvalue weighted by atomic mass is 16.1. The van der Waals surface area contributed by atoms with E-state index in [2.05, 4.69) is 9.98 Å². The molecule has 0 aliphatic carbocycles. The van der Waals surface area contributed by atoms with Crippen LogP contribution in [0.4, 0.5) is 11.4 Å². The van der Waals surface area contributed by atoms with E-state index in [-0.39, 0.29) is 5.78 Å². The molecule has 0 aliphatic rings. The van der Waals surface area contributed by atoms with Gasteiger partial charge in [-0.1, -0.05) is 36.4 Å². The SMILES string of the molecule is O=C(C=Nc1ccccc1)CCC=Nc1ccccc1. The van der Waals surface area contributed by atoms with E-state index < -0.39 is 0 Å². The maximum atomic E-state index is 11.6. The van der Waals surface area contributed by atoms with E-state index in [0.717, 1.165) is 11.4 Å². The molecule has 20 heavy (non-hydrogen) atoms. The molecule has 0 fully saturated rings. The van der Waals surface area contributed by atoms with Crippen molar-refractivity contribution in [1.29, 1.82) is 0 Å². The number of ketones is 1. The smallest absolute Gasteiger partial charge is 0.174 e. The summed E-state index contributed by atoms with van der Waals surface area (Å²) < 4.78 is 0. The molecule has 0 bridgehead atoms. The molecule has 3 nitrogen and oxygen atoms in total. The summed E-state index contributed by atoms with van der Waals surface area (Å²) in [4.78, 5) is 20.0. The molecule has 0 unspecified atom stereocenters. The van der Waals surface area contributed by atoms with Crippen LogP contribution in [0.2, 0.25) is 0 Å². The summed E-state index contributed by atoms with van der Waals surface area (Å²) in [6.07, 6.45) is 4.19. The number of hydrogen-bond donors (Lipinski definition) is 0. The first-order valence-corrected chi connectivity index (χ1v) is 6.54. The highest BCUT2D eigenvalue weighted by molar-refractivity contribution is 6.28. The van der Waals surface area contributed by atoms with Gasteiger partial charge in [-0.05, 0) is 30.7 Å². The summed E-state index contributed by atoms with van der Waals surface area (Å²) in [5.74, 6) is 0.00775. The number of nitrogens with zero attached hydrogens (tertiary/aromatic N) is 2. The normalized spacial score (nSPS) is 11.2. The molecule has 0 saturated heterocycles. The highest BCUT2D eigenvalue weighted by Crippen LogP contribution is 2.09. The molecule has 0 aromatic heterocycles. The van der Waals surface area contributed by atoms with Crippen LogP contribution in [0.15, 0.2) is 70.6 Å². The predicted octanol–water partition coefficient (Wildman–Crippen LogP) is 4.14. The van der Waals surface area contributed by atoms with Crippen molar-refractivity contribution in [2.45, 2.75) is 12.8 Å². The van der Waals surface area contributed by atoms with Crippen molar-refractivity contribution in [2.75, 3.05) is 0 Å². The topological polar surface area (TPSA) is 41.8 Å². The third-order valence-electron chi connectivity index (χ3n) is 2.63. The Balaban J connectivity index is 1.76. The molecule has 0 atom stereocenters. The quantitative estimate of drug-likeness (QED) is 0.723. The van der Waals surface area contributed by atoms with Gasteiger partial charge in [0, 0.05) is 12.6 Å². The lowest BCUT2D eigenvalue weighted by Crippen LogP contribution is -1.98. The summed E-state index contributed by atoms with van der Waals surface area (Å²) in [7, 11) is 0. The molecule has 0 spiro atoms. The molecule has 2 rings (SSSR count). The van der Waals surface area contributed by atoms with Crippen LogP contribution < -0.4 is 0 Å². The number of para-hydroxylation sites is 2. The third-order valence-corrected chi connectivity index (χ3v) is 2.63. The number of aliphatic imine (C=N–C) groups is 2. The van der Waals surface area contributed by atoms with Crippen LogP contribution in [-0.4, -0.2) is 18.2 Å². The summed E-state index contributed by atoms with van der Waals surface area (Å²) in [5, 5.41) is 0. The van der Waals surface area contributed by atoms with Gasteiger partial charge in [0.25, 0.3) is 0 Å². The average Bonchev–Trinajstić information content (AvgIpc) is 2.52. The van der Waals surface area contributed by atoms with E-state index in [9.17, 15) is 4.79 Å². The van der Waals surface area contributed by atoms with Gasteiger partial charge in [0.15, 0.2) is 5.78 Å². The molecular formula is C17H16N2O. The Morgan fingerprint density at radius 3 is 2.00 bits per heavy atom. The van der Waals surface area contributed by atoms with Crippen molar-refractivity contribution in [3.8, 4) is 0 Å². The fourth-order valence-corrected chi connectivity index (χ4v) is 1.62. The van der Waals surface area contributed by atoms with Crippen molar-refractivity contribution in [1.82, 2.24) is 0 Å². The third kappa shape index (κ3) is 4.98. The Morgan fingerprint density at radius 2 is 1.40 bits per heavy atom. The van der Waals surface area contributed by atoms with Gasteiger partial charge < -0.3 is 0 Å². The first kappa shape index (κ1) is 13.9. The van der Waals surface area contributed by atoms with Crippen molar-refractivity contribution < 1.29 is 4.79 Å². The van der Waals surface area contributed by atoms with Gasteiger partial charge >= 0.3 is 0 Å². The Morgan fingerprint density at radius 1 is 0.850 bits per heavy atom. The molecule has 0 amide bonds. The van der Waals surface area contributed by atoms with Crippen LogP contribution in [0, 0.1) is 0 Å².